The predicted molar refractivity (Wildman–Crippen MR) is 98.5 cm³/mol. The molecule has 0 radical (unpaired) electrons. The lowest BCUT2D eigenvalue weighted by molar-refractivity contribution is 0.0168. The highest BCUT2D eigenvalue weighted by molar-refractivity contribution is 7.12. The molecular weight excluding hydrogens is 320 g/mol. The fraction of sp³-hybridized carbons (Fsp3) is 0.611. The van der Waals surface area contributed by atoms with Crippen molar-refractivity contribution in [1.29, 1.82) is 0 Å². The van der Waals surface area contributed by atoms with Crippen molar-refractivity contribution < 1.29 is 4.74 Å². The van der Waals surface area contributed by atoms with E-state index in [0.717, 1.165) is 39.4 Å². The molecule has 0 spiro atoms. The van der Waals surface area contributed by atoms with E-state index in [1.54, 1.807) is 0 Å². The minimum atomic E-state index is 0.411. The normalized spacial score (nSPS) is 17.5. The quantitative estimate of drug-likeness (QED) is 0.835. The van der Waals surface area contributed by atoms with Crippen molar-refractivity contribution in [2.75, 3.05) is 32.8 Å². The topological polar surface area (TPSA) is 42.3 Å². The van der Waals surface area contributed by atoms with Crippen LogP contribution in [0.4, 0.5) is 0 Å². The molecule has 5 nitrogen and oxygen atoms in total. The van der Waals surface area contributed by atoms with Gasteiger partial charge in [0, 0.05) is 53.7 Å². The highest BCUT2D eigenvalue weighted by Crippen LogP contribution is 2.28. The standard InChI is InChI=1S/C18H28N4OS/c1-14(2)22-13-16(11-20-22)10-19-12-17(18-5-4-15(3)24-18)21-6-8-23-9-7-21/h4-5,11,13-14,17,19H,6-10,12H2,1-3H3/t17-/m0/s1. The summed E-state index contributed by atoms with van der Waals surface area (Å²) in [5.74, 6) is 0. The van der Waals surface area contributed by atoms with Crippen LogP contribution in [0.25, 0.3) is 0 Å². The lowest BCUT2D eigenvalue weighted by atomic mass is 10.2. The minimum Gasteiger partial charge on any atom is -0.379 e. The van der Waals surface area contributed by atoms with E-state index in [1.807, 2.05) is 22.2 Å². The van der Waals surface area contributed by atoms with Crippen molar-refractivity contribution >= 4 is 11.3 Å². The highest BCUT2D eigenvalue weighted by atomic mass is 32.1. The first-order valence-electron chi connectivity index (χ1n) is 8.75. The Labute approximate surface area is 148 Å². The van der Waals surface area contributed by atoms with Gasteiger partial charge in [0.05, 0.1) is 25.5 Å². The Morgan fingerprint density at radius 3 is 2.71 bits per heavy atom. The van der Waals surface area contributed by atoms with Crippen LogP contribution in [0.3, 0.4) is 0 Å². The molecule has 2 aromatic rings. The van der Waals surface area contributed by atoms with Crippen molar-refractivity contribution in [3.05, 3.63) is 39.8 Å². The number of nitrogens with one attached hydrogen (secondary N) is 1. The lowest BCUT2D eigenvalue weighted by Crippen LogP contribution is -2.42. The number of nitrogens with zero attached hydrogens (tertiary/aromatic N) is 3. The molecular formula is C18H28N4OS. The second-order valence-corrected chi connectivity index (χ2v) is 7.99. The molecule has 0 aromatic carbocycles. The Kier molecular flexibility index (Phi) is 6.05. The molecule has 1 aliphatic rings. The van der Waals surface area contributed by atoms with Crippen molar-refractivity contribution in [3.63, 3.8) is 0 Å². The number of thiophene rings is 1. The molecule has 3 rings (SSSR count). The third-order valence-corrected chi connectivity index (χ3v) is 5.53. The summed E-state index contributed by atoms with van der Waals surface area (Å²) in [6.07, 6.45) is 4.10. The van der Waals surface area contributed by atoms with Crippen LogP contribution in [0.1, 0.15) is 41.2 Å². The molecule has 3 heterocycles. The number of rotatable bonds is 7. The van der Waals surface area contributed by atoms with E-state index >= 15 is 0 Å². The molecule has 1 N–H and O–H groups in total. The number of aryl methyl sites for hydroxylation is 1. The van der Waals surface area contributed by atoms with Crippen LogP contribution in [0.5, 0.6) is 0 Å². The first-order valence-corrected chi connectivity index (χ1v) is 9.57. The second-order valence-electron chi connectivity index (χ2n) is 6.67. The Hall–Kier alpha value is -1.21. The first kappa shape index (κ1) is 17.6. The van der Waals surface area contributed by atoms with Gasteiger partial charge in [-0.15, -0.1) is 11.3 Å². The van der Waals surface area contributed by atoms with Crippen LogP contribution in [0, 0.1) is 6.92 Å². The zero-order valence-corrected chi connectivity index (χ0v) is 15.7. The van der Waals surface area contributed by atoms with E-state index in [0.29, 0.717) is 12.1 Å². The lowest BCUT2D eigenvalue weighted by Gasteiger charge is -2.34. The molecule has 1 aliphatic heterocycles. The van der Waals surface area contributed by atoms with E-state index < -0.39 is 0 Å². The van der Waals surface area contributed by atoms with Crippen LogP contribution in [0.2, 0.25) is 0 Å². The average molecular weight is 349 g/mol. The predicted octanol–water partition coefficient (Wildman–Crippen LogP) is 3.00. The fourth-order valence-electron chi connectivity index (χ4n) is 3.04. The molecule has 1 saturated heterocycles. The maximum Gasteiger partial charge on any atom is 0.0594 e. The summed E-state index contributed by atoms with van der Waals surface area (Å²) in [4.78, 5) is 5.36. The van der Waals surface area contributed by atoms with Gasteiger partial charge in [-0.1, -0.05) is 0 Å². The number of hydrogen-bond acceptors (Lipinski definition) is 5. The fourth-order valence-corrected chi connectivity index (χ4v) is 4.05. The van der Waals surface area contributed by atoms with E-state index in [4.69, 9.17) is 4.74 Å². The van der Waals surface area contributed by atoms with Gasteiger partial charge in [-0.2, -0.15) is 5.10 Å². The zero-order valence-electron chi connectivity index (χ0n) is 14.9. The molecule has 0 bridgehead atoms. The van der Waals surface area contributed by atoms with Gasteiger partial charge in [0.1, 0.15) is 0 Å². The number of hydrogen-bond donors (Lipinski definition) is 1. The van der Waals surface area contributed by atoms with Crippen LogP contribution >= 0.6 is 11.3 Å². The largest absolute Gasteiger partial charge is 0.379 e. The molecule has 0 saturated carbocycles. The second kappa shape index (κ2) is 8.25. The number of morpholine rings is 1. The zero-order chi connectivity index (χ0) is 16.9. The van der Waals surface area contributed by atoms with Gasteiger partial charge < -0.3 is 10.1 Å². The van der Waals surface area contributed by atoms with Crippen LogP contribution < -0.4 is 5.32 Å². The molecule has 0 unspecified atom stereocenters. The Balaban J connectivity index is 1.60. The van der Waals surface area contributed by atoms with Gasteiger partial charge in [0.2, 0.25) is 0 Å². The summed E-state index contributed by atoms with van der Waals surface area (Å²) in [6, 6.07) is 5.33. The third kappa shape index (κ3) is 4.45. The smallest absolute Gasteiger partial charge is 0.0594 e. The molecule has 0 aliphatic carbocycles. The molecule has 0 amide bonds. The Morgan fingerprint density at radius 1 is 1.29 bits per heavy atom. The summed E-state index contributed by atoms with van der Waals surface area (Å²) in [7, 11) is 0. The Morgan fingerprint density at radius 2 is 2.08 bits per heavy atom. The van der Waals surface area contributed by atoms with Crippen molar-refractivity contribution in [2.45, 2.75) is 39.4 Å². The van der Waals surface area contributed by atoms with E-state index in [-0.39, 0.29) is 0 Å². The van der Waals surface area contributed by atoms with Crippen molar-refractivity contribution in [2.24, 2.45) is 0 Å². The van der Waals surface area contributed by atoms with Crippen LogP contribution in [-0.4, -0.2) is 47.5 Å². The van der Waals surface area contributed by atoms with Gasteiger partial charge in [-0.05, 0) is 32.9 Å². The molecule has 1 fully saturated rings. The average Bonchev–Trinajstić information content (AvgIpc) is 3.22. The minimum absolute atomic E-state index is 0.411. The van der Waals surface area contributed by atoms with Gasteiger partial charge in [0.15, 0.2) is 0 Å². The SMILES string of the molecule is Cc1ccc([C@H](CNCc2cnn(C(C)C)c2)N2CCOCC2)s1. The molecule has 132 valence electrons. The number of aromatic nitrogens is 2. The number of ether oxygens (including phenoxy) is 1. The first-order chi connectivity index (χ1) is 11.6. The van der Waals surface area contributed by atoms with E-state index in [9.17, 15) is 0 Å². The van der Waals surface area contributed by atoms with Gasteiger partial charge >= 0.3 is 0 Å². The Bertz CT molecular complexity index is 631. The van der Waals surface area contributed by atoms with E-state index in [1.165, 1.54) is 15.3 Å². The van der Waals surface area contributed by atoms with Crippen LogP contribution in [0.15, 0.2) is 24.5 Å². The van der Waals surface area contributed by atoms with Crippen molar-refractivity contribution in [3.8, 4) is 0 Å². The summed E-state index contributed by atoms with van der Waals surface area (Å²) >= 11 is 1.90. The van der Waals surface area contributed by atoms with Gasteiger partial charge in [-0.25, -0.2) is 0 Å². The molecule has 1 atom stereocenters. The summed E-state index contributed by atoms with van der Waals surface area (Å²) < 4.78 is 7.53. The van der Waals surface area contributed by atoms with E-state index in [2.05, 4.69) is 54.4 Å². The summed E-state index contributed by atoms with van der Waals surface area (Å²) in [5, 5.41) is 8.05. The molecule has 2 aromatic heterocycles. The maximum absolute atomic E-state index is 5.52. The highest BCUT2D eigenvalue weighted by Gasteiger charge is 2.23. The van der Waals surface area contributed by atoms with Crippen LogP contribution in [-0.2, 0) is 11.3 Å². The summed E-state index contributed by atoms with van der Waals surface area (Å²) in [5.41, 5.74) is 1.24. The third-order valence-electron chi connectivity index (χ3n) is 4.43. The van der Waals surface area contributed by atoms with Crippen molar-refractivity contribution in [1.82, 2.24) is 20.0 Å². The molecule has 24 heavy (non-hydrogen) atoms. The van der Waals surface area contributed by atoms with Gasteiger partial charge in [-0.3, -0.25) is 9.58 Å². The molecule has 6 heteroatoms. The monoisotopic (exact) mass is 348 g/mol. The summed E-state index contributed by atoms with van der Waals surface area (Å²) in [6.45, 7) is 12.0. The maximum atomic E-state index is 5.52. The van der Waals surface area contributed by atoms with Gasteiger partial charge in [0.25, 0.3) is 0 Å².